The number of anilines is 1. The number of aryl methyl sites for hydroxylation is 1. The van der Waals surface area contributed by atoms with Crippen LogP contribution in [-0.4, -0.2) is 57.4 Å². The number of nitrogens with one attached hydrogen (secondary N) is 1. The molecular weight excluding hydrogens is 538 g/mol. The molecule has 1 atom stereocenters. The van der Waals surface area contributed by atoms with Gasteiger partial charge in [0.05, 0.1) is 17.2 Å². The average molecular weight is 580 g/mol. The van der Waals surface area contributed by atoms with Crippen LogP contribution in [0, 0.1) is 6.92 Å². The van der Waals surface area contributed by atoms with Gasteiger partial charge in [-0.3, -0.25) is 13.9 Å². The Hall–Kier alpha value is -3.85. The second-order valence-corrected chi connectivity index (χ2v) is 11.7. The maximum atomic E-state index is 14.0. The van der Waals surface area contributed by atoms with Crippen molar-refractivity contribution >= 4 is 27.5 Å². The van der Waals surface area contributed by atoms with Crippen LogP contribution in [0.1, 0.15) is 44.7 Å². The molecule has 0 saturated carbocycles. The highest BCUT2D eigenvalue weighted by Crippen LogP contribution is 2.27. The van der Waals surface area contributed by atoms with Gasteiger partial charge in [0, 0.05) is 13.1 Å². The normalized spacial score (nSPS) is 11.9. The zero-order valence-electron chi connectivity index (χ0n) is 24.4. The topological polar surface area (TPSA) is 96.0 Å². The summed E-state index contributed by atoms with van der Waals surface area (Å²) in [5.41, 5.74) is 2.27. The highest BCUT2D eigenvalue weighted by atomic mass is 32.2. The van der Waals surface area contributed by atoms with Crippen LogP contribution < -0.4 is 14.4 Å². The van der Waals surface area contributed by atoms with Gasteiger partial charge in [-0.1, -0.05) is 61.9 Å². The monoisotopic (exact) mass is 579 g/mol. The third kappa shape index (κ3) is 8.57. The van der Waals surface area contributed by atoms with Crippen LogP contribution in [0.3, 0.4) is 0 Å². The summed E-state index contributed by atoms with van der Waals surface area (Å²) >= 11 is 0. The third-order valence-electron chi connectivity index (χ3n) is 6.74. The van der Waals surface area contributed by atoms with Crippen molar-refractivity contribution in [3.63, 3.8) is 0 Å². The smallest absolute Gasteiger partial charge is 0.264 e. The SMILES string of the molecule is CCCNC(=O)C(CC)N(CCc1ccccc1)C(=O)CN(c1ccc(OCC)cc1)S(=O)(=O)c1ccc(C)cc1. The number of nitrogens with zero attached hydrogens (tertiary/aromatic N) is 2. The Morgan fingerprint density at radius 3 is 2.15 bits per heavy atom. The molecule has 3 aromatic rings. The van der Waals surface area contributed by atoms with Gasteiger partial charge in [0.2, 0.25) is 11.8 Å². The van der Waals surface area contributed by atoms with Crippen molar-refractivity contribution in [3.05, 3.63) is 90.0 Å². The molecule has 0 heterocycles. The summed E-state index contributed by atoms with van der Waals surface area (Å²) in [4.78, 5) is 28.8. The number of ether oxygens (including phenoxy) is 1. The molecule has 1 N–H and O–H groups in total. The Bertz CT molecular complexity index is 1360. The number of carbonyl (C=O) groups excluding carboxylic acids is 2. The second kappa shape index (κ2) is 15.2. The van der Waals surface area contributed by atoms with Crippen LogP contribution in [0.4, 0.5) is 5.69 Å². The fourth-order valence-corrected chi connectivity index (χ4v) is 5.92. The Balaban J connectivity index is 2.00. The molecule has 1 unspecified atom stereocenters. The van der Waals surface area contributed by atoms with Gasteiger partial charge in [-0.05, 0) is 75.1 Å². The lowest BCUT2D eigenvalue weighted by Crippen LogP contribution is -2.53. The van der Waals surface area contributed by atoms with E-state index < -0.39 is 28.5 Å². The minimum absolute atomic E-state index is 0.0772. The highest BCUT2D eigenvalue weighted by molar-refractivity contribution is 7.92. The molecule has 0 bridgehead atoms. The van der Waals surface area contributed by atoms with Gasteiger partial charge in [-0.15, -0.1) is 0 Å². The standard InChI is InChI=1S/C32H41N3O5S/c1-5-22-33-32(37)30(6-2)34(23-21-26-11-9-8-10-12-26)31(36)24-35(27-15-17-28(18-16-27)40-7-3)41(38,39)29-19-13-25(4)14-20-29/h8-20,30H,5-7,21-24H2,1-4H3,(H,33,37). The highest BCUT2D eigenvalue weighted by Gasteiger charge is 2.33. The fourth-order valence-electron chi connectivity index (χ4n) is 4.50. The maximum Gasteiger partial charge on any atom is 0.264 e. The first-order valence-corrected chi connectivity index (χ1v) is 15.6. The number of hydrogen-bond donors (Lipinski definition) is 1. The predicted octanol–water partition coefficient (Wildman–Crippen LogP) is 4.97. The van der Waals surface area contributed by atoms with E-state index in [2.05, 4.69) is 5.32 Å². The lowest BCUT2D eigenvalue weighted by Gasteiger charge is -2.33. The minimum Gasteiger partial charge on any atom is -0.494 e. The molecule has 0 spiro atoms. The van der Waals surface area contributed by atoms with E-state index in [4.69, 9.17) is 4.74 Å². The number of benzene rings is 3. The van der Waals surface area contributed by atoms with E-state index in [1.807, 2.05) is 58.0 Å². The summed E-state index contributed by atoms with van der Waals surface area (Å²) in [6.45, 7) is 8.33. The lowest BCUT2D eigenvalue weighted by atomic mass is 10.1. The van der Waals surface area contributed by atoms with Gasteiger partial charge in [0.25, 0.3) is 10.0 Å². The zero-order chi connectivity index (χ0) is 29.8. The molecule has 0 aliphatic rings. The van der Waals surface area contributed by atoms with Gasteiger partial charge in [-0.25, -0.2) is 8.42 Å². The van der Waals surface area contributed by atoms with Crippen molar-refractivity contribution < 1.29 is 22.7 Å². The summed E-state index contributed by atoms with van der Waals surface area (Å²) in [6.07, 6.45) is 1.68. The molecule has 9 heteroatoms. The van der Waals surface area contributed by atoms with Gasteiger partial charge in [-0.2, -0.15) is 0 Å². The summed E-state index contributed by atoms with van der Waals surface area (Å²) < 4.78 is 34.6. The second-order valence-electron chi connectivity index (χ2n) is 9.79. The van der Waals surface area contributed by atoms with E-state index in [0.29, 0.717) is 37.4 Å². The summed E-state index contributed by atoms with van der Waals surface area (Å²) in [5, 5.41) is 2.90. The van der Waals surface area contributed by atoms with Crippen LogP contribution in [0.25, 0.3) is 0 Å². The Morgan fingerprint density at radius 1 is 0.902 bits per heavy atom. The first kappa shape index (κ1) is 31.7. The Kier molecular flexibility index (Phi) is 11.8. The molecule has 0 saturated heterocycles. The molecule has 220 valence electrons. The van der Waals surface area contributed by atoms with E-state index in [1.54, 1.807) is 36.4 Å². The van der Waals surface area contributed by atoms with E-state index in [0.717, 1.165) is 21.9 Å². The van der Waals surface area contributed by atoms with Crippen LogP contribution in [0.2, 0.25) is 0 Å². The minimum atomic E-state index is -4.11. The Labute approximate surface area is 244 Å². The molecule has 0 radical (unpaired) electrons. The molecule has 8 nitrogen and oxygen atoms in total. The van der Waals surface area contributed by atoms with Crippen LogP contribution >= 0.6 is 0 Å². The van der Waals surface area contributed by atoms with E-state index >= 15 is 0 Å². The quantitative estimate of drug-likeness (QED) is 0.275. The van der Waals surface area contributed by atoms with Gasteiger partial charge >= 0.3 is 0 Å². The van der Waals surface area contributed by atoms with E-state index in [-0.39, 0.29) is 17.3 Å². The van der Waals surface area contributed by atoms with Crippen molar-refractivity contribution in [1.29, 1.82) is 0 Å². The maximum absolute atomic E-state index is 14.0. The molecule has 41 heavy (non-hydrogen) atoms. The van der Waals surface area contributed by atoms with Crippen LogP contribution in [0.5, 0.6) is 5.75 Å². The number of rotatable bonds is 15. The van der Waals surface area contributed by atoms with Crippen molar-refractivity contribution in [3.8, 4) is 5.75 Å². The van der Waals surface area contributed by atoms with E-state index in [9.17, 15) is 18.0 Å². The fraction of sp³-hybridized carbons (Fsp3) is 0.375. The number of carbonyl (C=O) groups is 2. The molecule has 0 aliphatic carbocycles. The van der Waals surface area contributed by atoms with Gasteiger partial charge < -0.3 is 15.0 Å². The molecular formula is C32H41N3O5S. The molecule has 0 aromatic heterocycles. The Morgan fingerprint density at radius 2 is 1.56 bits per heavy atom. The third-order valence-corrected chi connectivity index (χ3v) is 8.53. The van der Waals surface area contributed by atoms with Crippen molar-refractivity contribution in [1.82, 2.24) is 10.2 Å². The zero-order valence-corrected chi connectivity index (χ0v) is 25.2. The molecule has 0 fully saturated rings. The van der Waals surface area contributed by atoms with Crippen LogP contribution in [-0.2, 0) is 26.0 Å². The number of amides is 2. The number of hydrogen-bond acceptors (Lipinski definition) is 5. The van der Waals surface area contributed by atoms with Crippen molar-refractivity contribution in [2.75, 3.05) is 30.5 Å². The lowest BCUT2D eigenvalue weighted by molar-refractivity contribution is -0.139. The summed E-state index contributed by atoms with van der Waals surface area (Å²) in [6, 6.07) is 22.1. The van der Waals surface area contributed by atoms with Crippen molar-refractivity contribution in [2.45, 2.75) is 57.9 Å². The largest absolute Gasteiger partial charge is 0.494 e. The van der Waals surface area contributed by atoms with E-state index in [1.165, 1.54) is 17.0 Å². The first-order chi connectivity index (χ1) is 19.7. The van der Waals surface area contributed by atoms with Gasteiger partial charge in [0.1, 0.15) is 18.3 Å². The summed E-state index contributed by atoms with van der Waals surface area (Å²) in [5.74, 6) is -0.104. The first-order valence-electron chi connectivity index (χ1n) is 14.1. The molecule has 3 aromatic carbocycles. The number of sulfonamides is 1. The summed E-state index contributed by atoms with van der Waals surface area (Å²) in [7, 11) is -4.11. The molecule has 0 aliphatic heterocycles. The molecule has 2 amide bonds. The van der Waals surface area contributed by atoms with Gasteiger partial charge in [0.15, 0.2) is 0 Å². The molecule has 3 rings (SSSR count). The van der Waals surface area contributed by atoms with Crippen LogP contribution in [0.15, 0.2) is 83.8 Å². The van der Waals surface area contributed by atoms with Crippen molar-refractivity contribution in [2.24, 2.45) is 0 Å². The average Bonchev–Trinajstić information content (AvgIpc) is 2.98. The predicted molar refractivity (Wildman–Crippen MR) is 163 cm³/mol.